The number of aryl methyl sites for hydroxylation is 1. The summed E-state index contributed by atoms with van der Waals surface area (Å²) in [5, 5.41) is 7.56. The minimum Gasteiger partial charge on any atom is -0.353 e. The molecule has 0 saturated heterocycles. The van der Waals surface area contributed by atoms with Crippen molar-refractivity contribution in [2.75, 3.05) is 5.75 Å². The summed E-state index contributed by atoms with van der Waals surface area (Å²) < 4.78 is 3.26. The first-order valence-electron chi connectivity index (χ1n) is 13.6. The Kier molecular flexibility index (Phi) is 8.98. The maximum absolute atomic E-state index is 13.6. The number of hydrogen-bond donors (Lipinski definition) is 2. The second kappa shape index (κ2) is 12.8. The van der Waals surface area contributed by atoms with E-state index in [1.54, 1.807) is 4.57 Å². The van der Waals surface area contributed by atoms with E-state index >= 15 is 0 Å². The van der Waals surface area contributed by atoms with Crippen LogP contribution in [0.1, 0.15) is 56.1 Å². The lowest BCUT2D eigenvalue weighted by Crippen LogP contribution is -2.36. The summed E-state index contributed by atoms with van der Waals surface area (Å²) in [5.41, 5.74) is 2.77. The molecule has 1 aliphatic rings. The molecular formula is C30H34N4O3S2. The average Bonchev–Trinajstić information content (AvgIpc) is 3.32. The number of carbonyl (C=O) groups excluding carboxylic acids is 2. The van der Waals surface area contributed by atoms with Gasteiger partial charge in [-0.1, -0.05) is 79.1 Å². The Morgan fingerprint density at radius 3 is 2.62 bits per heavy atom. The minimum atomic E-state index is -0.122. The lowest BCUT2D eigenvalue weighted by molar-refractivity contribution is -0.122. The van der Waals surface area contributed by atoms with Crippen LogP contribution in [0.25, 0.3) is 20.3 Å². The number of nitrogens with one attached hydrogen (secondary N) is 2. The van der Waals surface area contributed by atoms with Gasteiger partial charge in [0.05, 0.1) is 11.3 Å². The standard InChI is InChI=1S/C30H34N4O3S2/c1-20-13-15-21(16-14-20)18-31-26(36)19-38-30-33-27-23-10-5-6-11-24(23)39-28(27)29(37)34(30)17-7-12-25(35)32-22-8-3-2-4-9-22/h5-6,10-11,13-16,22H,2-4,7-9,12,17-19H2,1H3,(H,31,36)(H,32,35). The Hall–Kier alpha value is -3.17. The maximum atomic E-state index is 13.6. The van der Waals surface area contributed by atoms with E-state index in [9.17, 15) is 14.4 Å². The number of fused-ring (bicyclic) bond motifs is 3. The Labute approximate surface area is 236 Å². The molecule has 1 aliphatic carbocycles. The smallest absolute Gasteiger partial charge is 0.272 e. The fourth-order valence-corrected chi connectivity index (χ4v) is 6.93. The first-order chi connectivity index (χ1) is 19.0. The zero-order chi connectivity index (χ0) is 27.2. The molecule has 2 aromatic carbocycles. The van der Waals surface area contributed by atoms with Crippen molar-refractivity contribution in [3.8, 4) is 0 Å². The molecule has 0 spiro atoms. The summed E-state index contributed by atoms with van der Waals surface area (Å²) in [4.78, 5) is 43.7. The second-order valence-electron chi connectivity index (χ2n) is 10.2. The van der Waals surface area contributed by atoms with Crippen LogP contribution in [0.5, 0.6) is 0 Å². The molecule has 2 amide bonds. The molecule has 1 saturated carbocycles. The van der Waals surface area contributed by atoms with Crippen molar-refractivity contribution in [1.82, 2.24) is 20.2 Å². The quantitative estimate of drug-likeness (QED) is 0.195. The van der Waals surface area contributed by atoms with E-state index < -0.39 is 0 Å². The summed E-state index contributed by atoms with van der Waals surface area (Å²) in [5.74, 6) is 0.0626. The Morgan fingerprint density at radius 2 is 1.82 bits per heavy atom. The number of thioether (sulfide) groups is 1. The van der Waals surface area contributed by atoms with Crippen molar-refractivity contribution in [2.24, 2.45) is 0 Å². The molecule has 0 bridgehead atoms. The highest BCUT2D eigenvalue weighted by molar-refractivity contribution is 7.99. The molecule has 2 N–H and O–H groups in total. The molecule has 2 aromatic heterocycles. The minimum absolute atomic E-state index is 0.0375. The van der Waals surface area contributed by atoms with Gasteiger partial charge in [-0.3, -0.25) is 19.0 Å². The van der Waals surface area contributed by atoms with Gasteiger partial charge in [-0.25, -0.2) is 4.98 Å². The predicted molar refractivity (Wildman–Crippen MR) is 159 cm³/mol. The number of hydrogen-bond acceptors (Lipinski definition) is 6. The van der Waals surface area contributed by atoms with Crippen molar-refractivity contribution in [3.63, 3.8) is 0 Å². The van der Waals surface area contributed by atoms with Gasteiger partial charge in [-0.2, -0.15) is 0 Å². The molecular weight excluding hydrogens is 528 g/mol. The Bertz CT molecular complexity index is 1520. The van der Waals surface area contributed by atoms with E-state index in [0.717, 1.165) is 28.5 Å². The summed E-state index contributed by atoms with van der Waals surface area (Å²) in [6.45, 7) is 2.86. The third-order valence-electron chi connectivity index (χ3n) is 7.15. The number of carbonyl (C=O) groups is 2. The highest BCUT2D eigenvalue weighted by Crippen LogP contribution is 2.32. The lowest BCUT2D eigenvalue weighted by atomic mass is 9.95. The van der Waals surface area contributed by atoms with Crippen LogP contribution in [0.15, 0.2) is 58.5 Å². The molecule has 0 unspecified atom stereocenters. The molecule has 5 rings (SSSR count). The van der Waals surface area contributed by atoms with Gasteiger partial charge in [0, 0.05) is 35.6 Å². The summed E-state index contributed by atoms with van der Waals surface area (Å²) >= 11 is 2.71. The molecule has 0 radical (unpaired) electrons. The Balaban J connectivity index is 1.29. The fraction of sp³-hybridized carbons (Fsp3) is 0.400. The Morgan fingerprint density at radius 1 is 1.05 bits per heavy atom. The van der Waals surface area contributed by atoms with E-state index in [1.165, 1.54) is 47.9 Å². The number of thiophene rings is 1. The van der Waals surface area contributed by atoms with E-state index in [-0.39, 0.29) is 29.2 Å². The number of amides is 2. The van der Waals surface area contributed by atoms with Crippen LogP contribution in [-0.4, -0.2) is 33.2 Å². The number of aromatic nitrogens is 2. The van der Waals surface area contributed by atoms with Gasteiger partial charge < -0.3 is 10.6 Å². The molecule has 39 heavy (non-hydrogen) atoms. The SMILES string of the molecule is Cc1ccc(CNC(=O)CSc2nc3c(sc4ccccc43)c(=O)n2CCCC(=O)NC2CCCCC2)cc1. The van der Waals surface area contributed by atoms with Crippen molar-refractivity contribution in [3.05, 3.63) is 70.0 Å². The van der Waals surface area contributed by atoms with E-state index in [1.807, 2.05) is 55.5 Å². The molecule has 9 heteroatoms. The molecule has 4 aromatic rings. The molecule has 2 heterocycles. The lowest BCUT2D eigenvalue weighted by Gasteiger charge is -2.22. The topological polar surface area (TPSA) is 93.1 Å². The van der Waals surface area contributed by atoms with Gasteiger partial charge in [0.2, 0.25) is 11.8 Å². The first kappa shape index (κ1) is 27.4. The van der Waals surface area contributed by atoms with Crippen LogP contribution in [0.4, 0.5) is 0 Å². The van der Waals surface area contributed by atoms with E-state index in [4.69, 9.17) is 4.98 Å². The maximum Gasteiger partial charge on any atom is 0.272 e. The second-order valence-corrected chi connectivity index (χ2v) is 12.2. The summed E-state index contributed by atoms with van der Waals surface area (Å²) in [6, 6.07) is 16.2. The van der Waals surface area contributed by atoms with Gasteiger partial charge in [0.15, 0.2) is 5.16 Å². The van der Waals surface area contributed by atoms with Crippen LogP contribution in [0, 0.1) is 6.92 Å². The summed E-state index contributed by atoms with van der Waals surface area (Å²) in [6.07, 6.45) is 6.56. The van der Waals surface area contributed by atoms with E-state index in [0.29, 0.717) is 41.3 Å². The number of nitrogens with zero attached hydrogens (tertiary/aromatic N) is 2. The normalized spacial score (nSPS) is 14.1. The van der Waals surface area contributed by atoms with Crippen LogP contribution in [0.3, 0.4) is 0 Å². The van der Waals surface area contributed by atoms with Crippen molar-refractivity contribution >= 4 is 55.2 Å². The van der Waals surface area contributed by atoms with Crippen LogP contribution in [0.2, 0.25) is 0 Å². The highest BCUT2D eigenvalue weighted by Gasteiger charge is 2.19. The van der Waals surface area contributed by atoms with E-state index in [2.05, 4.69) is 10.6 Å². The molecule has 0 atom stereocenters. The van der Waals surface area contributed by atoms with Gasteiger partial charge >= 0.3 is 0 Å². The van der Waals surface area contributed by atoms with Gasteiger partial charge in [-0.15, -0.1) is 11.3 Å². The van der Waals surface area contributed by atoms with Gasteiger partial charge in [0.1, 0.15) is 4.70 Å². The zero-order valence-corrected chi connectivity index (χ0v) is 23.8. The van der Waals surface area contributed by atoms with Gasteiger partial charge in [0.25, 0.3) is 5.56 Å². The molecule has 1 fully saturated rings. The van der Waals surface area contributed by atoms with Crippen LogP contribution in [-0.2, 0) is 22.7 Å². The number of rotatable bonds is 10. The highest BCUT2D eigenvalue weighted by atomic mass is 32.2. The number of benzene rings is 2. The van der Waals surface area contributed by atoms with Crippen molar-refractivity contribution in [2.45, 2.75) is 76.2 Å². The fourth-order valence-electron chi connectivity index (χ4n) is 4.99. The van der Waals surface area contributed by atoms with Crippen LogP contribution >= 0.6 is 23.1 Å². The predicted octanol–water partition coefficient (Wildman–Crippen LogP) is 5.56. The molecule has 204 valence electrons. The first-order valence-corrected chi connectivity index (χ1v) is 15.4. The van der Waals surface area contributed by atoms with Crippen molar-refractivity contribution < 1.29 is 9.59 Å². The summed E-state index contributed by atoms with van der Waals surface area (Å²) in [7, 11) is 0. The largest absolute Gasteiger partial charge is 0.353 e. The third kappa shape index (κ3) is 6.89. The van der Waals surface area contributed by atoms with Crippen molar-refractivity contribution in [1.29, 1.82) is 0 Å². The van der Waals surface area contributed by atoms with Crippen LogP contribution < -0.4 is 16.2 Å². The third-order valence-corrected chi connectivity index (χ3v) is 9.27. The molecule has 0 aliphatic heterocycles. The average molecular weight is 563 g/mol. The monoisotopic (exact) mass is 562 g/mol. The molecule has 7 nitrogen and oxygen atoms in total. The van der Waals surface area contributed by atoms with Gasteiger partial charge in [-0.05, 0) is 37.8 Å². The zero-order valence-electron chi connectivity index (χ0n) is 22.2.